The highest BCUT2D eigenvalue weighted by atomic mass is 32.1. The highest BCUT2D eigenvalue weighted by Crippen LogP contribution is 2.55. The van der Waals surface area contributed by atoms with Gasteiger partial charge < -0.3 is 0 Å². The summed E-state index contributed by atoms with van der Waals surface area (Å²) in [5, 5.41) is 13.1. The van der Waals surface area contributed by atoms with E-state index < -0.39 is 7.26 Å². The van der Waals surface area contributed by atoms with Gasteiger partial charge in [-0.05, 0) is 42.8 Å². The fourth-order valence-electron chi connectivity index (χ4n) is 3.28. The standard InChI is InChI=1S/C22H24P.CHNS/c1-2-3-19-23(20-13-7-4-8-14-20,21-15-9-5-10-16-21)22-17-11-6-12-18-22;2-1-3/h4-18H,2-3,19H2,1H3;3H/q+1;. The van der Waals surface area contributed by atoms with Gasteiger partial charge in [0.1, 0.15) is 28.6 Å². The van der Waals surface area contributed by atoms with Crippen LogP contribution in [-0.4, -0.2) is 6.16 Å². The molecule has 3 heteroatoms. The Morgan fingerprint density at radius 1 is 0.731 bits per heavy atom. The molecule has 26 heavy (non-hydrogen) atoms. The van der Waals surface area contributed by atoms with Gasteiger partial charge in [0.25, 0.3) is 0 Å². The molecular formula is C23H25NPS+. The van der Waals surface area contributed by atoms with Crippen LogP contribution in [0.15, 0.2) is 91.0 Å². The maximum absolute atomic E-state index is 7.18. The van der Waals surface area contributed by atoms with Crippen molar-refractivity contribution >= 4 is 35.8 Å². The summed E-state index contributed by atoms with van der Waals surface area (Å²) < 4.78 is 0. The van der Waals surface area contributed by atoms with Crippen molar-refractivity contribution < 1.29 is 0 Å². The van der Waals surface area contributed by atoms with E-state index in [0.29, 0.717) is 0 Å². The summed E-state index contributed by atoms with van der Waals surface area (Å²) in [6.45, 7) is 2.29. The van der Waals surface area contributed by atoms with E-state index in [1.807, 2.05) is 0 Å². The Labute approximate surface area is 163 Å². The molecule has 0 aliphatic rings. The zero-order valence-electron chi connectivity index (χ0n) is 15.1. The minimum absolute atomic E-state index is 1.23. The maximum atomic E-state index is 7.18. The maximum Gasteiger partial charge on any atom is 0.130 e. The highest BCUT2D eigenvalue weighted by molar-refractivity contribution is 7.95. The lowest BCUT2D eigenvalue weighted by molar-refractivity contribution is 0.891. The first-order valence-corrected chi connectivity index (χ1v) is 11.3. The van der Waals surface area contributed by atoms with Gasteiger partial charge in [0.15, 0.2) is 0 Å². The molecule has 0 heterocycles. The number of hydrogen-bond acceptors (Lipinski definition) is 2. The third kappa shape index (κ3) is 4.76. The molecule has 0 N–H and O–H groups in total. The zero-order chi connectivity index (χ0) is 18.7. The summed E-state index contributed by atoms with van der Waals surface area (Å²) in [6, 6.07) is 33.4. The van der Waals surface area contributed by atoms with Gasteiger partial charge in [-0.1, -0.05) is 80.6 Å². The Morgan fingerprint density at radius 3 is 1.31 bits per heavy atom. The second-order valence-corrected chi connectivity index (χ2v) is 9.81. The number of thiocyanates is 1. The van der Waals surface area contributed by atoms with Crippen LogP contribution in [0.25, 0.3) is 0 Å². The SMILES string of the molecule is CCCC[P+](c1ccccc1)(c1ccccc1)c1ccccc1.N#CS. The third-order valence-electron chi connectivity index (χ3n) is 4.44. The Morgan fingerprint density at radius 2 is 1.04 bits per heavy atom. The number of thiol groups is 1. The highest BCUT2D eigenvalue weighted by Gasteiger charge is 2.44. The largest absolute Gasteiger partial charge is 0.185 e. The molecular weight excluding hydrogens is 353 g/mol. The van der Waals surface area contributed by atoms with E-state index in [2.05, 4.69) is 111 Å². The minimum atomic E-state index is -1.57. The van der Waals surface area contributed by atoms with Crippen molar-refractivity contribution in [3.05, 3.63) is 91.0 Å². The molecule has 0 aliphatic carbocycles. The van der Waals surface area contributed by atoms with Crippen LogP contribution in [0.5, 0.6) is 0 Å². The Balaban J connectivity index is 0.000000758. The lowest BCUT2D eigenvalue weighted by Crippen LogP contribution is -2.33. The van der Waals surface area contributed by atoms with Crippen molar-refractivity contribution in [3.8, 4) is 5.40 Å². The number of unbranched alkanes of at least 4 members (excludes halogenated alkanes) is 1. The van der Waals surface area contributed by atoms with Crippen molar-refractivity contribution in [3.63, 3.8) is 0 Å². The summed E-state index contributed by atoms with van der Waals surface area (Å²) >= 11 is 3.09. The first-order chi connectivity index (χ1) is 12.8. The molecule has 1 nitrogen and oxygen atoms in total. The van der Waals surface area contributed by atoms with Gasteiger partial charge in [-0.15, -0.1) is 0 Å². The van der Waals surface area contributed by atoms with Crippen LogP contribution >= 0.6 is 19.9 Å². The molecule has 0 unspecified atom stereocenters. The van der Waals surface area contributed by atoms with E-state index in [0.717, 1.165) is 0 Å². The molecule has 0 saturated carbocycles. The molecule has 0 aromatic heterocycles. The number of nitrogens with zero attached hydrogens (tertiary/aromatic N) is 1. The molecule has 0 fully saturated rings. The Kier molecular flexibility index (Phi) is 8.42. The van der Waals surface area contributed by atoms with Crippen LogP contribution in [0, 0.1) is 10.7 Å². The molecule has 132 valence electrons. The van der Waals surface area contributed by atoms with E-state index in [-0.39, 0.29) is 0 Å². The predicted molar refractivity (Wildman–Crippen MR) is 120 cm³/mol. The second-order valence-electron chi connectivity index (χ2n) is 5.99. The van der Waals surface area contributed by atoms with Crippen LogP contribution in [0.1, 0.15) is 19.8 Å². The Hall–Kier alpha value is -2.07. The van der Waals surface area contributed by atoms with Crippen LogP contribution in [0.4, 0.5) is 0 Å². The van der Waals surface area contributed by atoms with E-state index in [9.17, 15) is 0 Å². The summed E-state index contributed by atoms with van der Waals surface area (Å²) in [4.78, 5) is 0. The topological polar surface area (TPSA) is 23.8 Å². The average molecular weight is 379 g/mol. The van der Waals surface area contributed by atoms with E-state index >= 15 is 0 Å². The molecule has 3 rings (SSSR count). The number of hydrogen-bond donors (Lipinski definition) is 1. The summed E-state index contributed by atoms with van der Waals surface area (Å²) in [6.07, 6.45) is 3.72. The molecule has 0 atom stereocenters. The summed E-state index contributed by atoms with van der Waals surface area (Å²) in [5.41, 5.74) is 0. The predicted octanol–water partition coefficient (Wildman–Crippen LogP) is 5.18. The third-order valence-corrected chi connectivity index (χ3v) is 8.96. The van der Waals surface area contributed by atoms with Gasteiger partial charge in [0.2, 0.25) is 0 Å². The van der Waals surface area contributed by atoms with Crippen LogP contribution in [0.2, 0.25) is 0 Å². The lowest BCUT2D eigenvalue weighted by Gasteiger charge is -2.27. The smallest absolute Gasteiger partial charge is 0.130 e. The van der Waals surface area contributed by atoms with Crippen molar-refractivity contribution in [2.45, 2.75) is 19.8 Å². The minimum Gasteiger partial charge on any atom is -0.185 e. The molecule has 3 aromatic rings. The zero-order valence-corrected chi connectivity index (χ0v) is 16.9. The second kappa shape index (κ2) is 10.8. The molecule has 0 spiro atoms. The van der Waals surface area contributed by atoms with E-state index in [1.54, 1.807) is 0 Å². The van der Waals surface area contributed by atoms with Gasteiger partial charge in [-0.2, -0.15) is 5.26 Å². The van der Waals surface area contributed by atoms with Crippen molar-refractivity contribution in [2.75, 3.05) is 6.16 Å². The Bertz CT molecular complexity index is 701. The lowest BCUT2D eigenvalue weighted by atomic mass is 10.3. The molecule has 3 aromatic carbocycles. The quantitative estimate of drug-likeness (QED) is 0.357. The van der Waals surface area contributed by atoms with E-state index in [1.165, 1.54) is 40.3 Å². The van der Waals surface area contributed by atoms with Crippen molar-refractivity contribution in [2.24, 2.45) is 0 Å². The normalized spacial score (nSPS) is 10.3. The van der Waals surface area contributed by atoms with Gasteiger partial charge in [-0.3, -0.25) is 0 Å². The van der Waals surface area contributed by atoms with Gasteiger partial charge in [0.05, 0.1) is 6.16 Å². The molecule has 0 aliphatic heterocycles. The van der Waals surface area contributed by atoms with Crippen molar-refractivity contribution in [1.82, 2.24) is 0 Å². The monoisotopic (exact) mass is 378 g/mol. The fraction of sp³-hybridized carbons (Fsp3) is 0.174. The van der Waals surface area contributed by atoms with Gasteiger partial charge >= 0.3 is 0 Å². The molecule has 0 saturated heterocycles. The number of rotatable bonds is 6. The van der Waals surface area contributed by atoms with Gasteiger partial charge in [0, 0.05) is 0 Å². The van der Waals surface area contributed by atoms with Crippen molar-refractivity contribution in [1.29, 1.82) is 5.26 Å². The van der Waals surface area contributed by atoms with Crippen LogP contribution in [-0.2, 0) is 0 Å². The molecule has 0 amide bonds. The first-order valence-electron chi connectivity index (χ1n) is 8.87. The number of benzene rings is 3. The first kappa shape index (κ1) is 20.2. The summed E-state index contributed by atoms with van der Waals surface area (Å²) in [7, 11) is -1.57. The summed E-state index contributed by atoms with van der Waals surface area (Å²) in [5.74, 6) is 0. The van der Waals surface area contributed by atoms with Gasteiger partial charge in [-0.25, -0.2) is 0 Å². The number of nitriles is 1. The van der Waals surface area contributed by atoms with Crippen LogP contribution < -0.4 is 15.9 Å². The van der Waals surface area contributed by atoms with Crippen LogP contribution in [0.3, 0.4) is 0 Å². The molecule has 0 bridgehead atoms. The van der Waals surface area contributed by atoms with E-state index in [4.69, 9.17) is 5.26 Å². The molecule has 0 radical (unpaired) electrons. The average Bonchev–Trinajstić information content (AvgIpc) is 2.72. The fourth-order valence-corrected chi connectivity index (χ4v) is 7.78.